The zero-order valence-corrected chi connectivity index (χ0v) is 16.6. The van der Waals surface area contributed by atoms with Gasteiger partial charge in [0, 0.05) is 43.7 Å². The lowest BCUT2D eigenvalue weighted by molar-refractivity contribution is -0.110. The molecule has 2 aromatic rings. The molecule has 1 aromatic heterocycles. The van der Waals surface area contributed by atoms with E-state index in [4.69, 9.17) is 23.2 Å². The molecule has 1 aliphatic rings. The van der Waals surface area contributed by atoms with Gasteiger partial charge in [-0.15, -0.1) is 0 Å². The van der Waals surface area contributed by atoms with E-state index in [9.17, 15) is 9.59 Å². The molecule has 1 N–H and O–H groups in total. The Morgan fingerprint density at radius 3 is 2.65 bits per heavy atom. The van der Waals surface area contributed by atoms with Crippen LogP contribution in [0.15, 0.2) is 18.2 Å². The first-order chi connectivity index (χ1) is 12.4. The molecule has 8 heteroatoms. The van der Waals surface area contributed by atoms with E-state index in [1.54, 1.807) is 6.07 Å². The second-order valence-electron chi connectivity index (χ2n) is 6.21. The summed E-state index contributed by atoms with van der Waals surface area (Å²) >= 11 is 12.6. The third kappa shape index (κ3) is 4.57. The number of hydrogen-bond acceptors (Lipinski definition) is 4. The van der Waals surface area contributed by atoms with E-state index in [-0.39, 0.29) is 18.6 Å². The minimum atomic E-state index is -0.0622. The molecule has 1 aromatic carbocycles. The largest absolute Gasteiger partial charge is 0.377 e. The highest BCUT2D eigenvalue weighted by atomic mass is 35.5. The fourth-order valence-corrected chi connectivity index (χ4v) is 3.62. The van der Waals surface area contributed by atoms with Gasteiger partial charge in [0.2, 0.25) is 0 Å². The average molecular weight is 400 g/mol. The lowest BCUT2D eigenvalue weighted by atomic mass is 10.2. The molecule has 1 aliphatic heterocycles. The van der Waals surface area contributed by atoms with Crippen LogP contribution in [0.4, 0.5) is 0 Å². The first kappa shape index (κ1) is 20.7. The van der Waals surface area contributed by atoms with Crippen molar-refractivity contribution < 1.29 is 14.3 Å². The molecule has 1 saturated heterocycles. The van der Waals surface area contributed by atoms with Crippen molar-refractivity contribution in [3.05, 3.63) is 33.9 Å². The van der Waals surface area contributed by atoms with Gasteiger partial charge in [0.15, 0.2) is 0 Å². The smallest absolute Gasteiger partial charge is 0.272 e. The van der Waals surface area contributed by atoms with E-state index >= 15 is 0 Å². The number of rotatable bonds is 3. The van der Waals surface area contributed by atoms with Crippen LogP contribution in [0.25, 0.3) is 10.9 Å². The lowest BCUT2D eigenvalue weighted by Gasteiger charge is -2.38. The van der Waals surface area contributed by atoms with Crippen molar-refractivity contribution in [2.24, 2.45) is 0 Å². The highest BCUT2D eigenvalue weighted by Crippen LogP contribution is 2.34. The zero-order valence-electron chi connectivity index (χ0n) is 15.1. The Labute approximate surface area is 163 Å². The minimum absolute atomic E-state index is 0.0622. The van der Waals surface area contributed by atoms with E-state index in [2.05, 4.69) is 28.6 Å². The third-order valence-corrected chi connectivity index (χ3v) is 4.95. The molecule has 2 heterocycles. The number of likely N-dealkylation sites (N-methyl/N-ethyl adjacent to an activating group) is 1. The van der Waals surface area contributed by atoms with E-state index in [1.807, 2.05) is 17.0 Å². The Morgan fingerprint density at radius 1 is 1.38 bits per heavy atom. The van der Waals surface area contributed by atoms with Crippen LogP contribution in [-0.2, 0) is 9.53 Å². The van der Waals surface area contributed by atoms with Crippen molar-refractivity contribution in [1.82, 2.24) is 14.8 Å². The first-order valence-corrected chi connectivity index (χ1v) is 9.04. The predicted octanol–water partition coefficient (Wildman–Crippen LogP) is 3.08. The van der Waals surface area contributed by atoms with Gasteiger partial charge in [0.1, 0.15) is 18.6 Å². The molecule has 0 unspecified atom stereocenters. The number of nitrogens with zero attached hydrogens (tertiary/aromatic N) is 2. The topological polar surface area (TPSA) is 65.6 Å². The van der Waals surface area contributed by atoms with Gasteiger partial charge in [-0.3, -0.25) is 4.79 Å². The maximum absolute atomic E-state index is 12.8. The SMILES string of the molecule is COCC=O.C[C@H]1CN(C)CCN1C(=O)c1[nH]c2cccc(Cl)c2c1Cl. The second kappa shape index (κ2) is 9.37. The highest BCUT2D eigenvalue weighted by Gasteiger charge is 2.29. The number of methoxy groups -OCH3 is 1. The van der Waals surface area contributed by atoms with E-state index in [1.165, 1.54) is 7.11 Å². The summed E-state index contributed by atoms with van der Waals surface area (Å²) in [5.41, 5.74) is 1.22. The number of ether oxygens (including phenoxy) is 1. The number of aromatic nitrogens is 1. The maximum Gasteiger partial charge on any atom is 0.272 e. The van der Waals surface area contributed by atoms with Gasteiger partial charge in [0.05, 0.1) is 10.0 Å². The van der Waals surface area contributed by atoms with Crippen molar-refractivity contribution in [1.29, 1.82) is 0 Å². The summed E-state index contributed by atoms with van der Waals surface area (Å²) in [4.78, 5) is 29.2. The van der Waals surface area contributed by atoms with Crippen molar-refractivity contribution in [2.45, 2.75) is 13.0 Å². The standard InChI is InChI=1S/C15H17Cl2N3O.C3H6O2/c1-9-8-19(2)6-7-20(9)15(21)14-13(17)12-10(16)4-3-5-11(12)18-14;1-5-3-2-4/h3-5,9,18H,6-8H2,1-2H3;2H,3H2,1H3/t9-;/m0./s1. The molecule has 142 valence electrons. The Morgan fingerprint density at radius 2 is 2.12 bits per heavy atom. The van der Waals surface area contributed by atoms with Gasteiger partial charge < -0.3 is 24.3 Å². The Balaban J connectivity index is 0.000000431. The van der Waals surface area contributed by atoms with E-state index in [0.717, 1.165) is 18.6 Å². The average Bonchev–Trinajstić information content (AvgIpc) is 2.94. The van der Waals surface area contributed by atoms with Gasteiger partial charge >= 0.3 is 0 Å². The fraction of sp³-hybridized carbons (Fsp3) is 0.444. The normalized spacial score (nSPS) is 17.7. The van der Waals surface area contributed by atoms with Crippen LogP contribution >= 0.6 is 23.2 Å². The number of carbonyl (C=O) groups is 2. The monoisotopic (exact) mass is 399 g/mol. The van der Waals surface area contributed by atoms with Crippen LogP contribution in [0.1, 0.15) is 17.4 Å². The van der Waals surface area contributed by atoms with Crippen LogP contribution in [0, 0.1) is 0 Å². The molecule has 0 spiro atoms. The molecule has 1 amide bonds. The number of amides is 1. The van der Waals surface area contributed by atoms with Gasteiger partial charge in [-0.2, -0.15) is 0 Å². The molecule has 1 atom stereocenters. The number of aromatic amines is 1. The third-order valence-electron chi connectivity index (χ3n) is 4.25. The Bertz CT molecular complexity index is 778. The molecule has 0 saturated carbocycles. The molecular formula is C18H23Cl2N3O3. The number of piperazine rings is 1. The number of fused-ring (bicyclic) bond motifs is 1. The Hall–Kier alpha value is -1.60. The second-order valence-corrected chi connectivity index (χ2v) is 6.99. The summed E-state index contributed by atoms with van der Waals surface area (Å²) in [5, 5.41) is 1.68. The zero-order chi connectivity index (χ0) is 19.3. The van der Waals surface area contributed by atoms with Crippen LogP contribution < -0.4 is 0 Å². The highest BCUT2D eigenvalue weighted by molar-refractivity contribution is 6.44. The summed E-state index contributed by atoms with van der Waals surface area (Å²) in [7, 11) is 3.54. The van der Waals surface area contributed by atoms with Crippen molar-refractivity contribution in [3.8, 4) is 0 Å². The van der Waals surface area contributed by atoms with Gasteiger partial charge in [-0.25, -0.2) is 0 Å². The van der Waals surface area contributed by atoms with Gasteiger partial charge in [-0.1, -0.05) is 29.3 Å². The van der Waals surface area contributed by atoms with E-state index < -0.39 is 0 Å². The number of benzene rings is 1. The molecule has 3 rings (SSSR count). The summed E-state index contributed by atoms with van der Waals surface area (Å²) in [6.07, 6.45) is 0.708. The molecule has 0 bridgehead atoms. The summed E-state index contributed by atoms with van der Waals surface area (Å²) in [6.45, 7) is 4.70. The number of H-pyrrole nitrogens is 1. The van der Waals surface area contributed by atoms with Crippen molar-refractivity contribution >= 4 is 46.3 Å². The van der Waals surface area contributed by atoms with E-state index in [0.29, 0.717) is 34.0 Å². The summed E-state index contributed by atoms with van der Waals surface area (Å²) < 4.78 is 4.32. The predicted molar refractivity (Wildman–Crippen MR) is 104 cm³/mol. The number of carbonyl (C=O) groups excluding carboxylic acids is 2. The lowest BCUT2D eigenvalue weighted by Crippen LogP contribution is -2.52. The quantitative estimate of drug-likeness (QED) is 0.805. The van der Waals surface area contributed by atoms with Gasteiger partial charge in [0.25, 0.3) is 5.91 Å². The van der Waals surface area contributed by atoms with Crippen LogP contribution in [0.2, 0.25) is 10.0 Å². The Kier molecular flexibility index (Phi) is 7.46. The molecule has 26 heavy (non-hydrogen) atoms. The minimum Gasteiger partial charge on any atom is -0.377 e. The van der Waals surface area contributed by atoms with Crippen LogP contribution in [0.3, 0.4) is 0 Å². The summed E-state index contributed by atoms with van der Waals surface area (Å²) in [5.74, 6) is -0.0622. The number of aldehydes is 1. The summed E-state index contributed by atoms with van der Waals surface area (Å²) in [6, 6.07) is 5.65. The number of halogens is 2. The van der Waals surface area contributed by atoms with Gasteiger partial charge in [-0.05, 0) is 26.1 Å². The van der Waals surface area contributed by atoms with Crippen LogP contribution in [0.5, 0.6) is 0 Å². The first-order valence-electron chi connectivity index (χ1n) is 8.28. The van der Waals surface area contributed by atoms with Crippen molar-refractivity contribution in [2.75, 3.05) is 40.4 Å². The maximum atomic E-state index is 12.8. The molecule has 6 nitrogen and oxygen atoms in total. The molecular weight excluding hydrogens is 377 g/mol. The number of nitrogens with one attached hydrogen (secondary N) is 1. The number of hydrogen-bond donors (Lipinski definition) is 1. The molecule has 1 fully saturated rings. The molecule has 0 radical (unpaired) electrons. The van der Waals surface area contributed by atoms with Crippen molar-refractivity contribution in [3.63, 3.8) is 0 Å². The molecule has 0 aliphatic carbocycles. The fourth-order valence-electron chi connectivity index (χ4n) is 2.97. The van der Waals surface area contributed by atoms with Crippen LogP contribution in [-0.4, -0.2) is 73.4 Å².